The summed E-state index contributed by atoms with van der Waals surface area (Å²) >= 11 is 3.16. The normalized spacial score (nSPS) is 17.4. The molecule has 2 aliphatic heterocycles. The van der Waals surface area contributed by atoms with E-state index < -0.39 is 39.6 Å². The first-order valence-electron chi connectivity index (χ1n) is 10.1. The molecule has 2 aliphatic rings. The van der Waals surface area contributed by atoms with E-state index in [2.05, 4.69) is 15.9 Å². The Balaban J connectivity index is 1.53. The predicted octanol–water partition coefficient (Wildman–Crippen LogP) is 3.98. The van der Waals surface area contributed by atoms with Crippen LogP contribution in [0.4, 0.5) is 14.5 Å². The summed E-state index contributed by atoms with van der Waals surface area (Å²) in [6.07, 6.45) is -1.05. The van der Waals surface area contributed by atoms with Crippen LogP contribution in [0.5, 0.6) is 5.75 Å². The van der Waals surface area contributed by atoms with Crippen molar-refractivity contribution in [3.8, 4) is 5.75 Å². The van der Waals surface area contributed by atoms with E-state index in [1.807, 2.05) is 0 Å². The van der Waals surface area contributed by atoms with E-state index in [-0.39, 0.29) is 45.0 Å². The quantitative estimate of drug-likeness (QED) is 0.460. The fraction of sp³-hybridized carbons (Fsp3) is 0.130. The molecule has 0 saturated heterocycles. The number of halogens is 3. The Labute approximate surface area is 201 Å². The summed E-state index contributed by atoms with van der Waals surface area (Å²) in [5.74, 6) is -2.85. The number of fused-ring (bicyclic) bond motifs is 2. The Morgan fingerprint density at radius 2 is 1.59 bits per heavy atom. The van der Waals surface area contributed by atoms with Crippen LogP contribution in [0.1, 0.15) is 20.7 Å². The SMILES string of the molecule is O=C1c2ccccc2C(=O)N1C[C@H]1CN(S(=O)(=O)c2ccc(F)cc2)c2cc(Br)cc(F)c2O1. The van der Waals surface area contributed by atoms with Gasteiger partial charge in [0, 0.05) is 4.47 Å². The number of carbonyl (C=O) groups excluding carboxylic acids is 2. The smallest absolute Gasteiger partial charge is 0.264 e. The molecule has 3 aromatic rings. The summed E-state index contributed by atoms with van der Waals surface area (Å²) in [6, 6.07) is 13.0. The monoisotopic (exact) mass is 548 g/mol. The van der Waals surface area contributed by atoms with Crippen molar-refractivity contribution in [3.63, 3.8) is 0 Å². The Morgan fingerprint density at radius 1 is 0.971 bits per heavy atom. The zero-order chi connectivity index (χ0) is 24.2. The Bertz CT molecular complexity index is 1410. The first-order valence-corrected chi connectivity index (χ1v) is 12.3. The number of imide groups is 1. The molecule has 34 heavy (non-hydrogen) atoms. The average Bonchev–Trinajstić information content (AvgIpc) is 3.04. The van der Waals surface area contributed by atoms with Crippen LogP contribution in [0, 0.1) is 11.6 Å². The third-order valence-corrected chi connectivity index (χ3v) is 7.83. The number of rotatable bonds is 4. The van der Waals surface area contributed by atoms with Gasteiger partial charge in [-0.2, -0.15) is 0 Å². The van der Waals surface area contributed by atoms with Crippen molar-refractivity contribution in [1.82, 2.24) is 4.90 Å². The van der Waals surface area contributed by atoms with Crippen LogP contribution in [-0.2, 0) is 10.0 Å². The number of sulfonamides is 1. The average molecular weight is 549 g/mol. The van der Waals surface area contributed by atoms with Crippen molar-refractivity contribution in [3.05, 3.63) is 87.9 Å². The highest BCUT2D eigenvalue weighted by molar-refractivity contribution is 9.10. The van der Waals surface area contributed by atoms with Gasteiger partial charge in [-0.15, -0.1) is 0 Å². The minimum atomic E-state index is -4.26. The van der Waals surface area contributed by atoms with Gasteiger partial charge in [0.05, 0.1) is 34.8 Å². The van der Waals surface area contributed by atoms with E-state index >= 15 is 0 Å². The van der Waals surface area contributed by atoms with Gasteiger partial charge in [-0.05, 0) is 48.5 Å². The summed E-state index contributed by atoms with van der Waals surface area (Å²) < 4.78 is 62.1. The van der Waals surface area contributed by atoms with Crippen LogP contribution in [0.3, 0.4) is 0 Å². The molecule has 0 spiro atoms. The zero-order valence-corrected chi connectivity index (χ0v) is 19.6. The summed E-state index contributed by atoms with van der Waals surface area (Å²) in [4.78, 5) is 26.3. The van der Waals surface area contributed by atoms with Crippen molar-refractivity contribution < 1.29 is 31.5 Å². The molecule has 7 nitrogen and oxygen atoms in total. The number of benzene rings is 3. The van der Waals surface area contributed by atoms with Crippen LogP contribution in [-0.4, -0.2) is 44.3 Å². The molecule has 0 fully saturated rings. The van der Waals surface area contributed by atoms with Gasteiger partial charge in [0.1, 0.15) is 11.9 Å². The van der Waals surface area contributed by atoms with Crippen LogP contribution in [0.25, 0.3) is 0 Å². The van der Waals surface area contributed by atoms with Gasteiger partial charge in [-0.1, -0.05) is 28.1 Å². The van der Waals surface area contributed by atoms with E-state index in [1.54, 1.807) is 12.1 Å². The lowest BCUT2D eigenvalue weighted by atomic mass is 10.1. The first-order chi connectivity index (χ1) is 16.2. The van der Waals surface area contributed by atoms with Crippen LogP contribution < -0.4 is 9.04 Å². The molecule has 5 rings (SSSR count). The molecule has 0 N–H and O–H groups in total. The second kappa shape index (κ2) is 8.17. The summed E-state index contributed by atoms with van der Waals surface area (Å²) in [5.41, 5.74) is 0.402. The van der Waals surface area contributed by atoms with E-state index in [0.29, 0.717) is 0 Å². The maximum atomic E-state index is 14.8. The van der Waals surface area contributed by atoms with E-state index in [1.165, 1.54) is 18.2 Å². The summed E-state index contributed by atoms with van der Waals surface area (Å²) in [6.45, 7) is -0.604. The third-order valence-electron chi connectivity index (χ3n) is 5.58. The topological polar surface area (TPSA) is 84.0 Å². The Kier molecular flexibility index (Phi) is 5.40. The van der Waals surface area contributed by atoms with Crippen molar-refractivity contribution in [1.29, 1.82) is 0 Å². The van der Waals surface area contributed by atoms with Gasteiger partial charge in [-0.3, -0.25) is 18.8 Å². The van der Waals surface area contributed by atoms with Gasteiger partial charge in [0.15, 0.2) is 11.6 Å². The lowest BCUT2D eigenvalue weighted by molar-refractivity contribution is 0.0570. The number of carbonyl (C=O) groups is 2. The van der Waals surface area contributed by atoms with Crippen LogP contribution >= 0.6 is 15.9 Å². The lowest BCUT2D eigenvalue weighted by Crippen LogP contribution is -2.49. The largest absolute Gasteiger partial charge is 0.481 e. The van der Waals surface area contributed by atoms with E-state index in [9.17, 15) is 26.8 Å². The molecular weight excluding hydrogens is 534 g/mol. The van der Waals surface area contributed by atoms with Crippen molar-refractivity contribution in [2.24, 2.45) is 0 Å². The van der Waals surface area contributed by atoms with Gasteiger partial charge in [0.2, 0.25) is 0 Å². The maximum absolute atomic E-state index is 14.8. The number of amides is 2. The van der Waals surface area contributed by atoms with Gasteiger partial charge < -0.3 is 4.74 Å². The molecule has 0 aliphatic carbocycles. The molecule has 11 heteroatoms. The minimum Gasteiger partial charge on any atom is -0.481 e. The standard InChI is InChI=1S/C23H15BrF2N2O5S/c24-13-9-19(26)21-20(10-13)28(34(31,32)16-7-5-14(25)6-8-16)12-15(33-21)11-27-22(29)17-3-1-2-4-18(17)23(27)30/h1-10,15H,11-12H2/t15-/m0/s1. The van der Waals surface area contributed by atoms with Crippen LogP contribution in [0.2, 0.25) is 0 Å². The van der Waals surface area contributed by atoms with E-state index in [0.717, 1.165) is 39.5 Å². The second-order valence-corrected chi connectivity index (χ2v) is 10.5. The highest BCUT2D eigenvalue weighted by atomic mass is 79.9. The van der Waals surface area contributed by atoms with Gasteiger partial charge in [-0.25, -0.2) is 17.2 Å². The molecule has 1 atom stereocenters. The second-order valence-electron chi connectivity index (χ2n) is 7.73. The highest BCUT2D eigenvalue weighted by Gasteiger charge is 2.41. The molecule has 2 amide bonds. The Morgan fingerprint density at radius 3 is 2.21 bits per heavy atom. The van der Waals surface area contributed by atoms with Crippen LogP contribution in [0.15, 0.2) is 70.0 Å². The molecule has 174 valence electrons. The molecule has 2 heterocycles. The number of hydrogen-bond acceptors (Lipinski definition) is 5. The summed E-state index contributed by atoms with van der Waals surface area (Å²) in [7, 11) is -4.26. The molecule has 0 radical (unpaired) electrons. The van der Waals surface area contributed by atoms with E-state index in [4.69, 9.17) is 4.74 Å². The number of nitrogens with zero attached hydrogens (tertiary/aromatic N) is 2. The lowest BCUT2D eigenvalue weighted by Gasteiger charge is -2.36. The minimum absolute atomic E-state index is 0.0604. The maximum Gasteiger partial charge on any atom is 0.264 e. The van der Waals surface area contributed by atoms with Crippen molar-refractivity contribution in [2.75, 3.05) is 17.4 Å². The molecule has 0 unspecified atom stereocenters. The molecule has 0 saturated carbocycles. The van der Waals surface area contributed by atoms with Gasteiger partial charge in [0.25, 0.3) is 21.8 Å². The highest BCUT2D eigenvalue weighted by Crippen LogP contribution is 2.41. The third kappa shape index (κ3) is 3.64. The fourth-order valence-corrected chi connectivity index (χ4v) is 5.91. The first kappa shape index (κ1) is 22.5. The van der Waals surface area contributed by atoms with Crippen molar-refractivity contribution >= 4 is 43.5 Å². The number of ether oxygens (including phenoxy) is 1. The fourth-order valence-electron chi connectivity index (χ4n) is 4.00. The number of hydrogen-bond donors (Lipinski definition) is 0. The predicted molar refractivity (Wildman–Crippen MR) is 121 cm³/mol. The molecule has 0 bridgehead atoms. The van der Waals surface area contributed by atoms with Crippen molar-refractivity contribution in [2.45, 2.75) is 11.0 Å². The summed E-state index contributed by atoms with van der Waals surface area (Å²) in [5, 5.41) is 0. The number of anilines is 1. The van der Waals surface area contributed by atoms with Gasteiger partial charge >= 0.3 is 0 Å². The Hall–Kier alpha value is -3.31. The molecular formula is C23H15BrF2N2O5S. The molecule has 3 aromatic carbocycles. The molecule has 0 aromatic heterocycles. The zero-order valence-electron chi connectivity index (χ0n) is 17.2.